The Morgan fingerprint density at radius 3 is 2.88 bits per heavy atom. The van der Waals surface area contributed by atoms with Gasteiger partial charge in [-0.25, -0.2) is 0 Å². The molecule has 0 aliphatic carbocycles. The lowest BCUT2D eigenvalue weighted by molar-refractivity contribution is -0.116. The molecule has 1 aliphatic rings. The summed E-state index contributed by atoms with van der Waals surface area (Å²) in [6, 6.07) is 12.1. The lowest BCUT2D eigenvalue weighted by Crippen LogP contribution is -2.14. The Balaban J connectivity index is 1.42. The van der Waals surface area contributed by atoms with E-state index in [0.29, 0.717) is 12.3 Å². The fourth-order valence-electron chi connectivity index (χ4n) is 2.80. The van der Waals surface area contributed by atoms with Gasteiger partial charge < -0.3 is 10.6 Å². The number of amides is 1. The molecule has 1 aromatic heterocycles. The van der Waals surface area contributed by atoms with Crippen LogP contribution in [-0.4, -0.2) is 24.0 Å². The number of carbonyl (C=O) groups is 1. The van der Waals surface area contributed by atoms with Crippen LogP contribution in [0.2, 0.25) is 0 Å². The van der Waals surface area contributed by atoms with Crippen LogP contribution < -0.4 is 10.6 Å². The summed E-state index contributed by atoms with van der Waals surface area (Å²) in [4.78, 5) is 17.3. The highest BCUT2D eigenvalue weighted by molar-refractivity contribution is 7.98. The van der Waals surface area contributed by atoms with E-state index < -0.39 is 0 Å². The van der Waals surface area contributed by atoms with Crippen LogP contribution in [0.1, 0.15) is 24.8 Å². The Morgan fingerprint density at radius 2 is 2.17 bits per heavy atom. The smallest absolute Gasteiger partial charge is 0.224 e. The van der Waals surface area contributed by atoms with Crippen LogP contribution >= 0.6 is 11.8 Å². The number of hydrogen-bond donors (Lipinski definition) is 2. The summed E-state index contributed by atoms with van der Waals surface area (Å²) in [5.41, 5.74) is 2.08. The van der Waals surface area contributed by atoms with E-state index in [9.17, 15) is 4.79 Å². The van der Waals surface area contributed by atoms with Crippen LogP contribution in [0.5, 0.6) is 0 Å². The number of nitrogens with one attached hydrogen (secondary N) is 2. The summed E-state index contributed by atoms with van der Waals surface area (Å²) in [6.07, 6.45) is 6.44. The number of nitrogens with zero attached hydrogens (tertiary/aromatic N) is 1. The van der Waals surface area contributed by atoms with Crippen molar-refractivity contribution in [2.24, 2.45) is 5.92 Å². The maximum absolute atomic E-state index is 12.0. The Bertz CT molecular complexity index is 639. The average Bonchev–Trinajstić information content (AvgIpc) is 3.14. The molecule has 2 heterocycles. The minimum Gasteiger partial charge on any atom is -0.326 e. The van der Waals surface area contributed by atoms with Gasteiger partial charge in [-0.1, -0.05) is 6.07 Å². The Labute approximate surface area is 147 Å². The number of carbonyl (C=O) groups excluding carboxylic acids is 1. The molecule has 0 radical (unpaired) electrons. The summed E-state index contributed by atoms with van der Waals surface area (Å²) < 4.78 is 0. The van der Waals surface area contributed by atoms with Gasteiger partial charge in [0.15, 0.2) is 0 Å². The van der Waals surface area contributed by atoms with Crippen LogP contribution in [0.25, 0.3) is 0 Å². The molecular formula is C19H23N3OS. The number of hydrogen-bond acceptors (Lipinski definition) is 4. The highest BCUT2D eigenvalue weighted by Gasteiger charge is 2.15. The van der Waals surface area contributed by atoms with E-state index in [4.69, 9.17) is 0 Å². The third kappa shape index (κ3) is 5.35. The van der Waals surface area contributed by atoms with Crippen LogP contribution in [0.4, 0.5) is 5.69 Å². The predicted octanol–water partition coefficient (Wildman–Crippen LogP) is 3.70. The second-order valence-corrected chi connectivity index (χ2v) is 7.17. The molecule has 1 amide bonds. The van der Waals surface area contributed by atoms with E-state index in [1.807, 2.05) is 24.4 Å². The molecule has 4 nitrogen and oxygen atoms in total. The molecule has 0 bridgehead atoms. The van der Waals surface area contributed by atoms with Gasteiger partial charge >= 0.3 is 0 Å². The standard InChI is InChI=1S/C19H23N3OS/c23-19(8-3-15-9-11-21-12-15)22-17-4-6-18(7-5-17)24-14-16-2-1-10-20-13-16/h1-2,4-7,10,13,15,21H,3,8-9,11-12,14H2,(H,22,23). The minimum absolute atomic E-state index is 0.109. The van der Waals surface area contributed by atoms with Gasteiger partial charge in [-0.05, 0) is 67.7 Å². The van der Waals surface area contributed by atoms with E-state index in [1.54, 1.807) is 18.0 Å². The third-order valence-corrected chi connectivity index (χ3v) is 5.29. The summed E-state index contributed by atoms with van der Waals surface area (Å²) in [7, 11) is 0. The molecule has 1 saturated heterocycles. The molecule has 1 fully saturated rings. The fraction of sp³-hybridized carbons (Fsp3) is 0.368. The van der Waals surface area contributed by atoms with Gasteiger partial charge in [-0.3, -0.25) is 9.78 Å². The zero-order chi connectivity index (χ0) is 16.6. The maximum atomic E-state index is 12.0. The molecule has 2 N–H and O–H groups in total. The topological polar surface area (TPSA) is 54.0 Å². The van der Waals surface area contributed by atoms with E-state index in [2.05, 4.69) is 33.8 Å². The number of thioether (sulfide) groups is 1. The number of anilines is 1. The van der Waals surface area contributed by atoms with Crippen molar-refractivity contribution in [3.8, 4) is 0 Å². The van der Waals surface area contributed by atoms with Gasteiger partial charge in [-0.15, -0.1) is 11.8 Å². The van der Waals surface area contributed by atoms with E-state index in [0.717, 1.165) is 31.0 Å². The van der Waals surface area contributed by atoms with Gasteiger partial charge in [0.25, 0.3) is 0 Å². The minimum atomic E-state index is 0.109. The van der Waals surface area contributed by atoms with Crippen LogP contribution in [0.3, 0.4) is 0 Å². The molecule has 24 heavy (non-hydrogen) atoms. The molecule has 2 aromatic rings. The Morgan fingerprint density at radius 1 is 1.29 bits per heavy atom. The molecule has 0 saturated carbocycles. The monoisotopic (exact) mass is 341 g/mol. The number of rotatable bonds is 7. The van der Waals surface area contributed by atoms with Crippen LogP contribution in [0.15, 0.2) is 53.7 Å². The van der Waals surface area contributed by atoms with Crippen molar-refractivity contribution in [1.29, 1.82) is 0 Å². The average molecular weight is 341 g/mol. The zero-order valence-corrected chi connectivity index (χ0v) is 14.5. The first-order chi connectivity index (χ1) is 11.8. The van der Waals surface area contributed by atoms with Crippen molar-refractivity contribution in [2.75, 3.05) is 18.4 Å². The van der Waals surface area contributed by atoms with E-state index in [1.165, 1.54) is 16.9 Å². The molecule has 1 atom stereocenters. The SMILES string of the molecule is O=C(CCC1CCNC1)Nc1ccc(SCc2cccnc2)cc1. The molecule has 1 unspecified atom stereocenters. The molecule has 5 heteroatoms. The summed E-state index contributed by atoms with van der Waals surface area (Å²) >= 11 is 1.77. The Hall–Kier alpha value is -1.85. The second kappa shape index (κ2) is 8.85. The van der Waals surface area contributed by atoms with Gasteiger partial charge in [-0.2, -0.15) is 0 Å². The lowest BCUT2D eigenvalue weighted by Gasteiger charge is -2.09. The van der Waals surface area contributed by atoms with E-state index in [-0.39, 0.29) is 5.91 Å². The first kappa shape index (κ1) is 17.0. The quantitative estimate of drug-likeness (QED) is 0.754. The fourth-order valence-corrected chi connectivity index (χ4v) is 3.64. The van der Waals surface area contributed by atoms with Crippen molar-refractivity contribution in [1.82, 2.24) is 10.3 Å². The normalized spacial score (nSPS) is 16.9. The summed E-state index contributed by atoms with van der Waals surface area (Å²) in [5, 5.41) is 6.33. The van der Waals surface area contributed by atoms with Crippen LogP contribution in [-0.2, 0) is 10.5 Å². The maximum Gasteiger partial charge on any atom is 0.224 e. The first-order valence-electron chi connectivity index (χ1n) is 8.42. The lowest BCUT2D eigenvalue weighted by atomic mass is 10.0. The summed E-state index contributed by atoms with van der Waals surface area (Å²) in [6.45, 7) is 2.14. The highest BCUT2D eigenvalue weighted by atomic mass is 32.2. The van der Waals surface area contributed by atoms with Gasteiger partial charge in [0.1, 0.15) is 0 Å². The van der Waals surface area contributed by atoms with Crippen molar-refractivity contribution >= 4 is 23.4 Å². The van der Waals surface area contributed by atoms with E-state index >= 15 is 0 Å². The highest BCUT2D eigenvalue weighted by Crippen LogP contribution is 2.24. The Kier molecular flexibility index (Phi) is 6.26. The second-order valence-electron chi connectivity index (χ2n) is 6.12. The number of benzene rings is 1. The summed E-state index contributed by atoms with van der Waals surface area (Å²) in [5.74, 6) is 1.66. The molecule has 1 aromatic carbocycles. The van der Waals surface area contributed by atoms with Gasteiger partial charge in [0.05, 0.1) is 0 Å². The molecule has 0 spiro atoms. The molecule has 126 valence electrons. The van der Waals surface area contributed by atoms with Gasteiger partial charge in [0, 0.05) is 35.2 Å². The molecule has 3 rings (SSSR count). The van der Waals surface area contributed by atoms with Crippen molar-refractivity contribution in [3.63, 3.8) is 0 Å². The third-order valence-electron chi connectivity index (χ3n) is 4.21. The van der Waals surface area contributed by atoms with Crippen LogP contribution in [0, 0.1) is 5.92 Å². The number of pyridine rings is 1. The van der Waals surface area contributed by atoms with Crippen molar-refractivity contribution in [3.05, 3.63) is 54.4 Å². The predicted molar refractivity (Wildman–Crippen MR) is 99.1 cm³/mol. The van der Waals surface area contributed by atoms with Crippen molar-refractivity contribution in [2.45, 2.75) is 29.9 Å². The number of aromatic nitrogens is 1. The van der Waals surface area contributed by atoms with Gasteiger partial charge in [0.2, 0.25) is 5.91 Å². The largest absolute Gasteiger partial charge is 0.326 e. The van der Waals surface area contributed by atoms with Crippen molar-refractivity contribution < 1.29 is 4.79 Å². The molecular weight excluding hydrogens is 318 g/mol. The first-order valence-corrected chi connectivity index (χ1v) is 9.40. The zero-order valence-electron chi connectivity index (χ0n) is 13.7. The molecule has 1 aliphatic heterocycles.